The zero-order valence-corrected chi connectivity index (χ0v) is 21.2. The number of hydrogen-bond donors (Lipinski definition) is 3. The highest BCUT2D eigenvalue weighted by Crippen LogP contribution is 2.30. The Bertz CT molecular complexity index is 1250. The number of methoxy groups -OCH3 is 1. The van der Waals surface area contributed by atoms with Gasteiger partial charge in [0.25, 0.3) is 5.91 Å². The molecule has 0 saturated carbocycles. The van der Waals surface area contributed by atoms with E-state index in [1.54, 1.807) is 0 Å². The number of nitrogens with zero attached hydrogens (tertiary/aromatic N) is 2. The summed E-state index contributed by atoms with van der Waals surface area (Å²) in [7, 11) is 1.44. The Hall–Kier alpha value is -3.81. The van der Waals surface area contributed by atoms with Gasteiger partial charge in [0.15, 0.2) is 11.6 Å². The second-order valence-electron chi connectivity index (χ2n) is 9.45. The lowest BCUT2D eigenvalue weighted by molar-refractivity contribution is -0.118. The van der Waals surface area contributed by atoms with Crippen molar-refractivity contribution >= 4 is 11.9 Å². The first-order valence-electron chi connectivity index (χ1n) is 12.6. The van der Waals surface area contributed by atoms with Crippen LogP contribution in [0.5, 0.6) is 0 Å². The molecule has 200 valence electrons. The van der Waals surface area contributed by atoms with E-state index in [9.17, 15) is 23.6 Å². The molecule has 1 fully saturated rings. The molecule has 2 aromatic carbocycles. The number of nitrogens with one attached hydrogen (secondary N) is 3. The quantitative estimate of drug-likeness (QED) is 0.437. The number of likely N-dealkylation sites (tertiary alicyclic amines) is 1. The highest BCUT2D eigenvalue weighted by molar-refractivity contribution is 5.98. The van der Waals surface area contributed by atoms with E-state index in [0.29, 0.717) is 18.9 Å². The Morgan fingerprint density at radius 3 is 2.66 bits per heavy atom. The number of piperidine rings is 1. The number of benzene rings is 2. The molecule has 2 aliphatic rings. The van der Waals surface area contributed by atoms with Crippen LogP contribution >= 0.6 is 0 Å². The first kappa shape index (κ1) is 27.2. The predicted molar refractivity (Wildman–Crippen MR) is 137 cm³/mol. The van der Waals surface area contributed by atoms with E-state index in [-0.39, 0.29) is 23.4 Å². The summed E-state index contributed by atoms with van der Waals surface area (Å²) in [4.78, 5) is 27.8. The minimum absolute atomic E-state index is 0.0276. The molecule has 0 bridgehead atoms. The Labute approximate surface area is 220 Å². The standard InChI is InChI=1S/C28H31F2N5O3/c1-38-17-24-25(26(34-28(37)33-24)19-7-8-22(29)23(30)15-19)27(36)32-11-4-12-35-13-9-18(10-14-35)21-6-3-2-5-20(21)16-31/h2-3,5-8,15,18,26H,4,9-14,17H2,1H3,(H,32,36)(H2,33,34,37). The first-order chi connectivity index (χ1) is 18.4. The lowest BCUT2D eigenvalue weighted by Crippen LogP contribution is -2.48. The summed E-state index contributed by atoms with van der Waals surface area (Å²) in [5, 5.41) is 17.5. The highest BCUT2D eigenvalue weighted by atomic mass is 19.2. The summed E-state index contributed by atoms with van der Waals surface area (Å²) in [5.41, 5.74) is 2.56. The molecule has 8 nitrogen and oxygen atoms in total. The van der Waals surface area contributed by atoms with Crippen molar-refractivity contribution in [2.45, 2.75) is 31.2 Å². The number of carbonyl (C=O) groups excluding carboxylic acids is 2. The molecule has 1 unspecified atom stereocenters. The van der Waals surface area contributed by atoms with Crippen LogP contribution in [0, 0.1) is 23.0 Å². The van der Waals surface area contributed by atoms with Crippen LogP contribution in [0.3, 0.4) is 0 Å². The Morgan fingerprint density at radius 2 is 1.95 bits per heavy atom. The van der Waals surface area contributed by atoms with E-state index in [1.165, 1.54) is 13.2 Å². The Kier molecular flexibility index (Phi) is 9.05. The fourth-order valence-electron chi connectivity index (χ4n) is 5.11. The zero-order valence-electron chi connectivity index (χ0n) is 21.2. The van der Waals surface area contributed by atoms with Gasteiger partial charge in [0.05, 0.1) is 35.6 Å². The van der Waals surface area contributed by atoms with Gasteiger partial charge in [-0.25, -0.2) is 13.6 Å². The fourth-order valence-corrected chi connectivity index (χ4v) is 5.11. The topological polar surface area (TPSA) is 106 Å². The lowest BCUT2D eigenvalue weighted by Gasteiger charge is -2.32. The molecular weight excluding hydrogens is 492 g/mol. The minimum Gasteiger partial charge on any atom is -0.378 e. The van der Waals surface area contributed by atoms with Gasteiger partial charge in [0.1, 0.15) is 0 Å². The summed E-state index contributed by atoms with van der Waals surface area (Å²) in [5.74, 6) is -2.14. The SMILES string of the molecule is COCC1=C(C(=O)NCCCN2CCC(c3ccccc3C#N)CC2)C(c2ccc(F)c(F)c2)NC(=O)N1. The molecule has 2 aliphatic heterocycles. The third kappa shape index (κ3) is 6.36. The molecule has 1 atom stereocenters. The molecule has 0 spiro atoms. The lowest BCUT2D eigenvalue weighted by atomic mass is 9.87. The van der Waals surface area contributed by atoms with Gasteiger partial charge in [-0.05, 0) is 74.1 Å². The summed E-state index contributed by atoms with van der Waals surface area (Å²) in [6, 6.07) is 11.8. The van der Waals surface area contributed by atoms with Gasteiger partial charge in [-0.15, -0.1) is 0 Å². The maximum atomic E-state index is 13.9. The van der Waals surface area contributed by atoms with Crippen molar-refractivity contribution in [2.24, 2.45) is 0 Å². The molecule has 10 heteroatoms. The van der Waals surface area contributed by atoms with Crippen LogP contribution in [-0.4, -0.2) is 56.7 Å². The smallest absolute Gasteiger partial charge is 0.319 e. The van der Waals surface area contributed by atoms with E-state index < -0.39 is 29.6 Å². The summed E-state index contributed by atoms with van der Waals surface area (Å²) >= 11 is 0. The monoisotopic (exact) mass is 523 g/mol. The molecule has 38 heavy (non-hydrogen) atoms. The van der Waals surface area contributed by atoms with Crippen molar-refractivity contribution < 1.29 is 23.1 Å². The molecule has 3 amide bonds. The third-order valence-corrected chi connectivity index (χ3v) is 7.01. The van der Waals surface area contributed by atoms with Crippen LogP contribution in [0.15, 0.2) is 53.7 Å². The van der Waals surface area contributed by atoms with Crippen LogP contribution < -0.4 is 16.0 Å². The molecule has 4 rings (SSSR count). The van der Waals surface area contributed by atoms with Gasteiger partial charge in [0, 0.05) is 13.7 Å². The molecular formula is C28H31F2N5O3. The van der Waals surface area contributed by atoms with Crippen molar-refractivity contribution in [3.05, 3.63) is 82.1 Å². The van der Waals surface area contributed by atoms with Crippen LogP contribution in [0.25, 0.3) is 0 Å². The van der Waals surface area contributed by atoms with Gasteiger partial charge in [-0.3, -0.25) is 4.79 Å². The number of hydrogen-bond acceptors (Lipinski definition) is 5. The van der Waals surface area contributed by atoms with Gasteiger partial charge in [0.2, 0.25) is 0 Å². The summed E-state index contributed by atoms with van der Waals surface area (Å²) < 4.78 is 32.6. The van der Waals surface area contributed by atoms with E-state index in [2.05, 4.69) is 26.9 Å². The van der Waals surface area contributed by atoms with Gasteiger partial charge in [-0.2, -0.15) is 5.26 Å². The number of nitriles is 1. The van der Waals surface area contributed by atoms with Gasteiger partial charge >= 0.3 is 6.03 Å². The van der Waals surface area contributed by atoms with Crippen LogP contribution in [0.4, 0.5) is 13.6 Å². The molecule has 3 N–H and O–H groups in total. The second-order valence-corrected chi connectivity index (χ2v) is 9.45. The van der Waals surface area contributed by atoms with Gasteiger partial charge in [-0.1, -0.05) is 24.3 Å². The van der Waals surface area contributed by atoms with Crippen molar-refractivity contribution in [3.8, 4) is 6.07 Å². The van der Waals surface area contributed by atoms with Crippen molar-refractivity contribution in [3.63, 3.8) is 0 Å². The fraction of sp³-hybridized carbons (Fsp3) is 0.393. The molecule has 0 aliphatic carbocycles. The number of rotatable bonds is 9. The van der Waals surface area contributed by atoms with Crippen molar-refractivity contribution in [1.82, 2.24) is 20.9 Å². The minimum atomic E-state index is -1.07. The molecule has 2 aromatic rings. The van der Waals surface area contributed by atoms with Crippen LogP contribution in [0.1, 0.15) is 47.9 Å². The molecule has 0 radical (unpaired) electrons. The zero-order chi connectivity index (χ0) is 27.1. The van der Waals surface area contributed by atoms with E-state index in [1.807, 2.05) is 24.3 Å². The first-order valence-corrected chi connectivity index (χ1v) is 12.6. The molecule has 1 saturated heterocycles. The highest BCUT2D eigenvalue weighted by Gasteiger charge is 2.33. The van der Waals surface area contributed by atoms with Gasteiger partial charge < -0.3 is 25.6 Å². The third-order valence-electron chi connectivity index (χ3n) is 7.01. The number of halogens is 2. The summed E-state index contributed by atoms with van der Waals surface area (Å²) in [6.07, 6.45) is 2.66. The molecule has 0 aromatic heterocycles. The predicted octanol–water partition coefficient (Wildman–Crippen LogP) is 3.48. The number of ether oxygens (including phenoxy) is 1. The number of amides is 3. The largest absolute Gasteiger partial charge is 0.378 e. The van der Waals surface area contributed by atoms with E-state index >= 15 is 0 Å². The second kappa shape index (κ2) is 12.6. The maximum absolute atomic E-state index is 13.9. The summed E-state index contributed by atoms with van der Waals surface area (Å²) in [6.45, 7) is 3.00. The van der Waals surface area contributed by atoms with Crippen molar-refractivity contribution in [1.29, 1.82) is 5.26 Å². The number of urea groups is 1. The molecule has 2 heterocycles. The Morgan fingerprint density at radius 1 is 1.18 bits per heavy atom. The van der Waals surface area contributed by atoms with Crippen LogP contribution in [0.2, 0.25) is 0 Å². The van der Waals surface area contributed by atoms with Crippen molar-refractivity contribution in [2.75, 3.05) is 39.9 Å². The average Bonchev–Trinajstić information content (AvgIpc) is 2.92. The van der Waals surface area contributed by atoms with E-state index in [0.717, 1.165) is 55.7 Å². The number of carbonyl (C=O) groups is 2. The van der Waals surface area contributed by atoms with Crippen LogP contribution in [-0.2, 0) is 9.53 Å². The Balaban J connectivity index is 1.34. The van der Waals surface area contributed by atoms with E-state index in [4.69, 9.17) is 4.74 Å². The average molecular weight is 524 g/mol. The maximum Gasteiger partial charge on any atom is 0.319 e. The normalized spacial score (nSPS) is 18.5.